The highest BCUT2D eigenvalue weighted by atomic mass is 19.4. The van der Waals surface area contributed by atoms with Gasteiger partial charge < -0.3 is 35.2 Å². The summed E-state index contributed by atoms with van der Waals surface area (Å²) in [6.45, 7) is 6.15. The normalized spacial score (nSPS) is 19.3. The van der Waals surface area contributed by atoms with E-state index in [9.17, 15) is 52.2 Å². The SMILES string of the molecule is C[C@@H]1CN(c2cc(F)c(-c3ccc(N4CCN(C(=O)CCC(=O)N=Nc5cccc6c(O)n(C7CCC(=O)NC7=O)c(O)c56)CC4)nc3)cc2NC(=O)c2c[nH]c(=O)cc2C(F)(F)F)C[C@H](C)N1C. The highest BCUT2D eigenvalue weighted by Gasteiger charge is 2.37. The lowest BCUT2D eigenvalue weighted by Gasteiger charge is -2.44. The number of aromatic amines is 1. The maximum atomic E-state index is 16.2. The van der Waals surface area contributed by atoms with E-state index in [4.69, 9.17) is 0 Å². The number of carbonyl (C=O) groups is 5. The number of pyridine rings is 2. The van der Waals surface area contributed by atoms with Crippen molar-refractivity contribution in [1.29, 1.82) is 0 Å². The molecule has 3 fully saturated rings. The predicted molar refractivity (Wildman–Crippen MR) is 243 cm³/mol. The van der Waals surface area contributed by atoms with Crippen molar-refractivity contribution in [1.82, 2.24) is 29.7 Å². The van der Waals surface area contributed by atoms with Crippen LogP contribution in [-0.2, 0) is 25.4 Å². The van der Waals surface area contributed by atoms with Gasteiger partial charge in [-0.25, -0.2) is 9.37 Å². The molecule has 69 heavy (non-hydrogen) atoms. The van der Waals surface area contributed by atoms with Gasteiger partial charge in [-0.2, -0.15) is 13.2 Å². The van der Waals surface area contributed by atoms with Crippen LogP contribution >= 0.6 is 0 Å². The minimum atomic E-state index is -5.01. The Balaban J connectivity index is 0.911. The van der Waals surface area contributed by atoms with E-state index in [1.165, 1.54) is 36.5 Å². The number of aromatic nitrogens is 3. The summed E-state index contributed by atoms with van der Waals surface area (Å²) in [7, 11) is 1.95. The molecule has 0 spiro atoms. The third kappa shape index (κ3) is 9.85. The van der Waals surface area contributed by atoms with Crippen LogP contribution in [0.25, 0.3) is 21.9 Å². The number of piperazine rings is 2. The van der Waals surface area contributed by atoms with E-state index in [0.717, 1.165) is 4.57 Å². The van der Waals surface area contributed by atoms with E-state index < -0.39 is 70.1 Å². The van der Waals surface area contributed by atoms with Crippen molar-refractivity contribution in [3.8, 4) is 22.9 Å². The number of hydrogen-bond donors (Lipinski definition) is 5. The summed E-state index contributed by atoms with van der Waals surface area (Å²) in [5.41, 5.74) is -2.61. The van der Waals surface area contributed by atoms with Crippen LogP contribution in [0.1, 0.15) is 61.5 Å². The molecule has 3 aliphatic heterocycles. The summed E-state index contributed by atoms with van der Waals surface area (Å²) in [6, 6.07) is 9.58. The number of anilines is 3. The Morgan fingerprint density at radius 3 is 2.32 bits per heavy atom. The molecule has 3 aromatic heterocycles. The van der Waals surface area contributed by atoms with Crippen LogP contribution in [-0.4, -0.2) is 122 Å². The molecule has 0 radical (unpaired) electrons. The Morgan fingerprint density at radius 1 is 0.928 bits per heavy atom. The number of imide groups is 1. The summed E-state index contributed by atoms with van der Waals surface area (Å²) >= 11 is 0. The number of aromatic hydroxyl groups is 2. The first-order valence-electron chi connectivity index (χ1n) is 22.0. The average Bonchev–Trinajstić information content (AvgIpc) is 3.57. The van der Waals surface area contributed by atoms with Gasteiger partial charge in [0.2, 0.25) is 35.0 Å². The molecule has 5 aromatic rings. The first-order valence-corrected chi connectivity index (χ1v) is 22.0. The number of halogens is 4. The first-order chi connectivity index (χ1) is 32.8. The minimum absolute atomic E-state index is 0.00330. The second-order valence-electron chi connectivity index (χ2n) is 17.2. The monoisotopic (exact) mass is 957 g/mol. The fraction of sp³-hybridized carbons (Fsp3) is 0.370. The van der Waals surface area contributed by atoms with Crippen molar-refractivity contribution in [2.24, 2.45) is 10.2 Å². The number of carbonyl (C=O) groups excluding carboxylic acids is 5. The van der Waals surface area contributed by atoms with Crippen LogP contribution in [0.4, 0.5) is 40.4 Å². The number of azo groups is 1. The maximum absolute atomic E-state index is 16.2. The van der Waals surface area contributed by atoms with Crippen LogP contribution < -0.4 is 26.0 Å². The zero-order valence-corrected chi connectivity index (χ0v) is 37.5. The quantitative estimate of drug-likeness (QED) is 0.0667. The third-order valence-corrected chi connectivity index (χ3v) is 12.8. The lowest BCUT2D eigenvalue weighted by molar-refractivity contribution is -0.138. The lowest BCUT2D eigenvalue weighted by Crippen LogP contribution is -2.55. The summed E-state index contributed by atoms with van der Waals surface area (Å²) < 4.78 is 59.0. The highest BCUT2D eigenvalue weighted by Crippen LogP contribution is 2.45. The zero-order valence-electron chi connectivity index (χ0n) is 37.5. The van der Waals surface area contributed by atoms with Gasteiger partial charge in [-0.05, 0) is 63.7 Å². The molecule has 5 amide bonds. The van der Waals surface area contributed by atoms with Gasteiger partial charge in [0.25, 0.3) is 11.8 Å². The number of alkyl halides is 3. The maximum Gasteiger partial charge on any atom is 0.417 e. The Bertz CT molecular complexity index is 2940. The van der Waals surface area contributed by atoms with Gasteiger partial charge in [-0.3, -0.25) is 43.6 Å². The van der Waals surface area contributed by atoms with Crippen molar-refractivity contribution in [3.05, 3.63) is 88.2 Å². The summed E-state index contributed by atoms with van der Waals surface area (Å²) in [5, 5.41) is 34.5. The Kier molecular flexibility index (Phi) is 13.2. The van der Waals surface area contributed by atoms with E-state index in [-0.39, 0.29) is 77.1 Å². The molecule has 5 N–H and O–H groups in total. The molecule has 19 nitrogen and oxygen atoms in total. The molecule has 3 aliphatic rings. The fourth-order valence-electron chi connectivity index (χ4n) is 8.90. The van der Waals surface area contributed by atoms with Crippen molar-refractivity contribution in [2.75, 3.05) is 61.4 Å². The average molecular weight is 958 g/mol. The molecule has 1 unspecified atom stereocenters. The van der Waals surface area contributed by atoms with Crippen LogP contribution in [0.5, 0.6) is 11.8 Å². The summed E-state index contributed by atoms with van der Waals surface area (Å²) in [4.78, 5) is 89.6. The standard InChI is InChI=1S/C46H47F4N11O8/c1-24-22-60(23-25(2)57(24)3)35-19-31(47)28(17-33(35)53-42(66)29-21-52-39(64)18-30(29)46(48,49)50)26-7-9-36(51-20-26)58-13-15-59(16-14-58)40(65)12-11-38(63)56-55-32-6-4-5-27-41(32)45(69)61(44(27)68)34-8-10-37(62)54-43(34)67/h4-7,9,17-21,24-25,34,68-69H,8,10-16,22-23H2,1-3H3,(H,52,64)(H,53,66)(H,54,62,67)/t24-,25+,34?. The molecule has 23 heteroatoms. The number of amides is 5. The number of nitrogens with zero attached hydrogens (tertiary/aromatic N) is 8. The van der Waals surface area contributed by atoms with Gasteiger partial charge in [0.15, 0.2) is 0 Å². The van der Waals surface area contributed by atoms with Gasteiger partial charge >= 0.3 is 6.18 Å². The van der Waals surface area contributed by atoms with Crippen LogP contribution in [0, 0.1) is 5.82 Å². The van der Waals surface area contributed by atoms with E-state index in [2.05, 4.69) is 35.7 Å². The zero-order chi connectivity index (χ0) is 49.5. The number of likely N-dealkylation sites (N-methyl/N-ethyl adjacent to an activating group) is 1. The predicted octanol–water partition coefficient (Wildman–Crippen LogP) is 5.46. The van der Waals surface area contributed by atoms with E-state index in [1.54, 1.807) is 17.0 Å². The number of piperidine rings is 1. The number of rotatable bonds is 10. The molecule has 0 bridgehead atoms. The van der Waals surface area contributed by atoms with Crippen molar-refractivity contribution in [2.45, 2.75) is 63.8 Å². The van der Waals surface area contributed by atoms with E-state index in [0.29, 0.717) is 62.9 Å². The molecule has 362 valence electrons. The molecular weight excluding hydrogens is 911 g/mol. The topological polar surface area (TPSA) is 238 Å². The Labute approximate surface area is 390 Å². The number of hydrogen-bond acceptors (Lipinski definition) is 13. The molecule has 0 aliphatic carbocycles. The number of nitrogens with one attached hydrogen (secondary N) is 3. The summed E-state index contributed by atoms with van der Waals surface area (Å²) in [6.07, 6.45) is -3.27. The second-order valence-corrected chi connectivity index (χ2v) is 17.2. The van der Waals surface area contributed by atoms with E-state index >= 15 is 4.39 Å². The molecule has 3 atom stereocenters. The Morgan fingerprint density at radius 2 is 1.65 bits per heavy atom. The van der Waals surface area contributed by atoms with Crippen LogP contribution in [0.3, 0.4) is 0 Å². The number of H-pyrrole nitrogens is 1. The lowest BCUT2D eigenvalue weighted by atomic mass is 10.0. The van der Waals surface area contributed by atoms with Gasteiger partial charge in [0.1, 0.15) is 17.7 Å². The molecule has 0 saturated carbocycles. The number of fused-ring (bicyclic) bond motifs is 1. The van der Waals surface area contributed by atoms with Crippen molar-refractivity contribution in [3.63, 3.8) is 0 Å². The molecule has 8 rings (SSSR count). The smallest absolute Gasteiger partial charge is 0.417 e. The molecule has 3 saturated heterocycles. The van der Waals surface area contributed by atoms with Crippen LogP contribution in [0.15, 0.2) is 75.9 Å². The molecule has 6 heterocycles. The fourth-order valence-corrected chi connectivity index (χ4v) is 8.90. The highest BCUT2D eigenvalue weighted by molar-refractivity contribution is 6.07. The van der Waals surface area contributed by atoms with Gasteiger partial charge in [-0.15, -0.1) is 10.2 Å². The third-order valence-electron chi connectivity index (χ3n) is 12.8. The largest absolute Gasteiger partial charge is 0.494 e. The van der Waals surface area contributed by atoms with Crippen molar-refractivity contribution < 1.29 is 51.7 Å². The minimum Gasteiger partial charge on any atom is -0.494 e. The van der Waals surface area contributed by atoms with Gasteiger partial charge in [0, 0.05) is 106 Å². The van der Waals surface area contributed by atoms with Crippen LogP contribution in [0.2, 0.25) is 0 Å². The summed E-state index contributed by atoms with van der Waals surface area (Å²) in [5.74, 6) is -4.41. The molecule has 2 aromatic carbocycles. The first kappa shape index (κ1) is 47.8. The van der Waals surface area contributed by atoms with E-state index in [1.807, 2.05) is 30.7 Å². The van der Waals surface area contributed by atoms with Crippen molar-refractivity contribution >= 4 is 63.2 Å². The Hall–Kier alpha value is -7.69. The van der Waals surface area contributed by atoms with Gasteiger partial charge in [-0.1, -0.05) is 6.07 Å². The second kappa shape index (κ2) is 19.1. The van der Waals surface area contributed by atoms with Gasteiger partial charge in [0.05, 0.1) is 33.6 Å². The number of benzene rings is 2. The molecular formula is C46H47F4N11O8.